The molecule has 0 saturated carbocycles. The fourth-order valence-electron chi connectivity index (χ4n) is 3.64. The van der Waals surface area contributed by atoms with Crippen LogP contribution in [0.5, 0.6) is 0 Å². The molecule has 1 aliphatic heterocycles. The Morgan fingerprint density at radius 3 is 2.58 bits per heavy atom. The van der Waals surface area contributed by atoms with Gasteiger partial charge in [0, 0.05) is 23.5 Å². The van der Waals surface area contributed by atoms with Gasteiger partial charge in [0.15, 0.2) is 0 Å². The molecule has 2 aromatic rings. The van der Waals surface area contributed by atoms with Gasteiger partial charge in [-0.05, 0) is 52.6 Å². The molecule has 1 atom stereocenters. The van der Waals surface area contributed by atoms with Gasteiger partial charge in [0.1, 0.15) is 5.82 Å². The summed E-state index contributed by atoms with van der Waals surface area (Å²) in [7, 11) is 0. The van der Waals surface area contributed by atoms with Gasteiger partial charge >= 0.3 is 0 Å². The Balaban J connectivity index is 1.76. The Hall–Kier alpha value is -2.28. The van der Waals surface area contributed by atoms with E-state index in [1.165, 1.54) is 12.8 Å². The maximum atomic E-state index is 12.6. The molecule has 1 fully saturated rings. The number of hydrogen-bond acceptors (Lipinski definition) is 5. The van der Waals surface area contributed by atoms with Crippen molar-refractivity contribution in [2.24, 2.45) is 0 Å². The topological polar surface area (TPSA) is 75.9 Å². The van der Waals surface area contributed by atoms with Crippen molar-refractivity contribution in [3.8, 4) is 5.95 Å². The van der Waals surface area contributed by atoms with Crippen LogP contribution in [0.25, 0.3) is 5.95 Å². The van der Waals surface area contributed by atoms with Crippen molar-refractivity contribution in [1.29, 1.82) is 0 Å². The third-order valence-electron chi connectivity index (χ3n) is 4.83. The number of rotatable bonds is 5. The average molecular weight is 356 g/mol. The van der Waals surface area contributed by atoms with Crippen molar-refractivity contribution in [2.75, 3.05) is 18.4 Å². The van der Waals surface area contributed by atoms with Crippen LogP contribution in [0, 0.1) is 20.8 Å². The monoisotopic (exact) mass is 356 g/mol. The summed E-state index contributed by atoms with van der Waals surface area (Å²) in [6.45, 7) is 9.34. The van der Waals surface area contributed by atoms with Gasteiger partial charge in [0.05, 0.1) is 12.2 Å². The van der Waals surface area contributed by atoms with E-state index in [1.54, 1.807) is 4.68 Å². The molecular weight excluding hydrogens is 328 g/mol. The van der Waals surface area contributed by atoms with E-state index < -0.39 is 0 Å². The smallest absolute Gasteiger partial charge is 0.252 e. The fourth-order valence-corrected chi connectivity index (χ4v) is 3.64. The summed E-state index contributed by atoms with van der Waals surface area (Å²) in [6, 6.07) is 4.27. The van der Waals surface area contributed by atoms with E-state index in [0.29, 0.717) is 24.4 Å². The Morgan fingerprint density at radius 2 is 1.88 bits per heavy atom. The SMILES string of the molecule is CC[C@H]1CCCCN1CC(=O)Nc1cc(C)nn1-c1nc(C)cc(C)n1. The number of hydrogen-bond donors (Lipinski definition) is 1. The Bertz CT molecular complexity index is 764. The molecule has 0 unspecified atom stereocenters. The normalized spacial score (nSPS) is 18.1. The number of carbonyl (C=O) groups is 1. The van der Waals surface area contributed by atoms with Crippen molar-refractivity contribution in [1.82, 2.24) is 24.6 Å². The predicted molar refractivity (Wildman–Crippen MR) is 101 cm³/mol. The van der Waals surface area contributed by atoms with Crippen LogP contribution in [0.2, 0.25) is 0 Å². The zero-order chi connectivity index (χ0) is 18.7. The summed E-state index contributed by atoms with van der Waals surface area (Å²) in [5.74, 6) is 1.08. The standard InChI is InChI=1S/C19H28N6O/c1-5-16-8-6-7-9-24(16)12-18(26)22-17-11-15(4)23-25(17)19-20-13(2)10-14(3)21-19/h10-11,16H,5-9,12H2,1-4H3,(H,22,26)/t16-/m0/s1. The van der Waals surface area contributed by atoms with E-state index >= 15 is 0 Å². The van der Waals surface area contributed by atoms with E-state index in [2.05, 4.69) is 32.2 Å². The van der Waals surface area contributed by atoms with E-state index in [9.17, 15) is 4.79 Å². The van der Waals surface area contributed by atoms with E-state index in [1.807, 2.05) is 32.9 Å². The Labute approximate surface area is 154 Å². The first-order valence-corrected chi connectivity index (χ1v) is 9.39. The first kappa shape index (κ1) is 18.5. The summed E-state index contributed by atoms with van der Waals surface area (Å²) in [5, 5.41) is 7.46. The lowest BCUT2D eigenvalue weighted by atomic mass is 10.0. The first-order chi connectivity index (χ1) is 12.5. The second-order valence-electron chi connectivity index (χ2n) is 7.11. The average Bonchev–Trinajstić information content (AvgIpc) is 2.94. The van der Waals surface area contributed by atoms with Crippen LogP contribution in [0.1, 0.15) is 49.7 Å². The molecule has 0 spiro atoms. The number of piperidine rings is 1. The molecule has 3 heterocycles. The summed E-state index contributed by atoms with van der Waals surface area (Å²) in [5.41, 5.74) is 2.56. The first-order valence-electron chi connectivity index (χ1n) is 9.39. The molecule has 1 N–H and O–H groups in total. The number of nitrogens with zero attached hydrogens (tertiary/aromatic N) is 5. The predicted octanol–water partition coefficient (Wildman–Crippen LogP) is 2.79. The third-order valence-corrected chi connectivity index (χ3v) is 4.83. The maximum Gasteiger partial charge on any atom is 0.252 e. The molecular formula is C19H28N6O. The van der Waals surface area contributed by atoms with Crippen molar-refractivity contribution in [2.45, 2.75) is 59.4 Å². The molecule has 2 aromatic heterocycles. The number of aryl methyl sites for hydroxylation is 3. The third kappa shape index (κ3) is 4.27. The molecule has 7 heteroatoms. The van der Waals surface area contributed by atoms with Gasteiger partial charge in [-0.25, -0.2) is 9.97 Å². The van der Waals surface area contributed by atoms with Gasteiger partial charge in [-0.1, -0.05) is 13.3 Å². The Kier molecular flexibility index (Phi) is 5.66. The highest BCUT2D eigenvalue weighted by molar-refractivity contribution is 5.91. The number of nitrogens with one attached hydrogen (secondary N) is 1. The molecule has 0 aromatic carbocycles. The highest BCUT2D eigenvalue weighted by atomic mass is 16.2. The van der Waals surface area contributed by atoms with E-state index in [0.717, 1.165) is 36.5 Å². The fraction of sp³-hybridized carbons (Fsp3) is 0.579. The van der Waals surface area contributed by atoms with Crippen LogP contribution in [0.15, 0.2) is 12.1 Å². The Morgan fingerprint density at radius 1 is 1.15 bits per heavy atom. The van der Waals surface area contributed by atoms with E-state index in [-0.39, 0.29) is 5.91 Å². The summed E-state index contributed by atoms with van der Waals surface area (Å²) >= 11 is 0. The second kappa shape index (κ2) is 7.95. The van der Waals surface area contributed by atoms with Crippen LogP contribution in [0.4, 0.5) is 5.82 Å². The van der Waals surface area contributed by atoms with Gasteiger partial charge in [-0.15, -0.1) is 0 Å². The van der Waals surface area contributed by atoms with Gasteiger partial charge < -0.3 is 5.32 Å². The minimum Gasteiger partial charge on any atom is -0.309 e. The number of carbonyl (C=O) groups excluding carboxylic acids is 1. The molecule has 140 valence electrons. The van der Waals surface area contributed by atoms with Gasteiger partial charge in [0.25, 0.3) is 5.95 Å². The second-order valence-corrected chi connectivity index (χ2v) is 7.11. The lowest BCUT2D eigenvalue weighted by Crippen LogP contribution is -2.43. The molecule has 7 nitrogen and oxygen atoms in total. The lowest BCUT2D eigenvalue weighted by Gasteiger charge is -2.34. The molecule has 1 aliphatic rings. The molecule has 3 rings (SSSR count). The minimum absolute atomic E-state index is 0.0177. The molecule has 1 saturated heterocycles. The largest absolute Gasteiger partial charge is 0.309 e. The summed E-state index contributed by atoms with van der Waals surface area (Å²) in [6.07, 6.45) is 4.68. The van der Waals surface area contributed by atoms with E-state index in [4.69, 9.17) is 0 Å². The molecule has 1 amide bonds. The van der Waals surface area contributed by atoms with Crippen LogP contribution in [-0.2, 0) is 4.79 Å². The number of anilines is 1. The van der Waals surface area contributed by atoms with Crippen molar-refractivity contribution in [3.05, 3.63) is 29.2 Å². The lowest BCUT2D eigenvalue weighted by molar-refractivity contribution is -0.118. The molecule has 0 aliphatic carbocycles. The van der Waals surface area contributed by atoms with Crippen molar-refractivity contribution < 1.29 is 4.79 Å². The molecule has 0 bridgehead atoms. The summed E-state index contributed by atoms with van der Waals surface area (Å²) < 4.78 is 1.61. The van der Waals surface area contributed by atoms with Crippen LogP contribution in [0.3, 0.4) is 0 Å². The quantitative estimate of drug-likeness (QED) is 0.891. The summed E-state index contributed by atoms with van der Waals surface area (Å²) in [4.78, 5) is 23.8. The molecule has 26 heavy (non-hydrogen) atoms. The van der Waals surface area contributed by atoms with Gasteiger partial charge in [0.2, 0.25) is 5.91 Å². The number of likely N-dealkylation sites (tertiary alicyclic amines) is 1. The number of aromatic nitrogens is 4. The van der Waals surface area contributed by atoms with Crippen LogP contribution in [-0.4, -0.2) is 49.7 Å². The van der Waals surface area contributed by atoms with Crippen molar-refractivity contribution >= 4 is 11.7 Å². The highest BCUT2D eigenvalue weighted by Crippen LogP contribution is 2.20. The zero-order valence-electron chi connectivity index (χ0n) is 16.1. The molecule has 0 radical (unpaired) electrons. The van der Waals surface area contributed by atoms with Crippen LogP contribution < -0.4 is 5.32 Å². The minimum atomic E-state index is -0.0177. The number of amides is 1. The zero-order valence-corrected chi connectivity index (χ0v) is 16.1. The van der Waals surface area contributed by atoms with Crippen molar-refractivity contribution in [3.63, 3.8) is 0 Å². The van der Waals surface area contributed by atoms with Gasteiger partial charge in [-0.3, -0.25) is 9.69 Å². The maximum absolute atomic E-state index is 12.6. The van der Waals surface area contributed by atoms with Gasteiger partial charge in [-0.2, -0.15) is 9.78 Å². The van der Waals surface area contributed by atoms with Crippen LogP contribution >= 0.6 is 0 Å². The highest BCUT2D eigenvalue weighted by Gasteiger charge is 2.23.